The second kappa shape index (κ2) is 5.36. The van der Waals surface area contributed by atoms with Crippen molar-refractivity contribution in [3.63, 3.8) is 0 Å². The molecule has 0 aliphatic heterocycles. The number of halogens is 1. The fourth-order valence-corrected chi connectivity index (χ4v) is 2.14. The molecule has 0 radical (unpaired) electrons. The topological polar surface area (TPSA) is 12.9 Å². The molecule has 0 atom stereocenters. The van der Waals surface area contributed by atoms with Crippen LogP contribution in [0.25, 0.3) is 16.2 Å². The molecule has 1 nitrogen and oxygen atoms in total. The number of hydrogen-bond donors (Lipinski definition) is 0. The van der Waals surface area contributed by atoms with Gasteiger partial charge in [0.2, 0.25) is 0 Å². The molecular formula is C16H16ClN. The van der Waals surface area contributed by atoms with Gasteiger partial charge in [0.05, 0.1) is 10.7 Å². The Hall–Kier alpha value is -1.60. The molecule has 1 aromatic carbocycles. The molecule has 92 valence electrons. The third-order valence-electron chi connectivity index (χ3n) is 2.91. The van der Waals surface area contributed by atoms with Gasteiger partial charge in [0, 0.05) is 11.8 Å². The highest BCUT2D eigenvalue weighted by atomic mass is 35.5. The van der Waals surface area contributed by atoms with Gasteiger partial charge in [0.1, 0.15) is 0 Å². The van der Waals surface area contributed by atoms with Crippen LogP contribution >= 0.6 is 11.6 Å². The smallest absolute Gasteiger partial charge is 0.0842 e. The van der Waals surface area contributed by atoms with Crippen LogP contribution in [0.15, 0.2) is 42.6 Å². The molecule has 2 heteroatoms. The second-order valence-corrected chi connectivity index (χ2v) is 4.80. The van der Waals surface area contributed by atoms with Crippen LogP contribution in [-0.2, 0) is 0 Å². The number of hydrogen-bond acceptors (Lipinski definition) is 1. The van der Waals surface area contributed by atoms with Crippen molar-refractivity contribution in [2.75, 3.05) is 0 Å². The zero-order valence-corrected chi connectivity index (χ0v) is 11.6. The fraction of sp³-hybridized carbons (Fsp3) is 0.188. The van der Waals surface area contributed by atoms with Crippen molar-refractivity contribution in [1.82, 2.24) is 4.98 Å². The predicted molar refractivity (Wildman–Crippen MR) is 78.7 cm³/mol. The first-order valence-electron chi connectivity index (χ1n) is 5.97. The lowest BCUT2D eigenvalue weighted by Gasteiger charge is -2.07. The molecule has 1 heterocycles. The number of aromatic nitrogens is 1. The first-order chi connectivity index (χ1) is 8.61. The van der Waals surface area contributed by atoms with E-state index in [-0.39, 0.29) is 0 Å². The summed E-state index contributed by atoms with van der Waals surface area (Å²) in [5.41, 5.74) is 5.52. The zero-order valence-electron chi connectivity index (χ0n) is 10.9. The zero-order chi connectivity index (χ0) is 13.1. The van der Waals surface area contributed by atoms with Crippen LogP contribution in [0.4, 0.5) is 0 Å². The maximum Gasteiger partial charge on any atom is 0.0842 e. The monoisotopic (exact) mass is 257 g/mol. The van der Waals surface area contributed by atoms with Crippen LogP contribution < -0.4 is 0 Å². The van der Waals surface area contributed by atoms with Crippen molar-refractivity contribution in [2.24, 2.45) is 0 Å². The number of pyridine rings is 1. The van der Waals surface area contributed by atoms with Crippen molar-refractivity contribution in [3.05, 3.63) is 59.4 Å². The standard InChI is InChI=1S/C16H16ClN/c1-4-15(17)16-12(3)9-14(10-18-16)13-7-5-6-11(2)8-13/h4-10H,1-3H3/b15-4+. The number of rotatable bonds is 2. The summed E-state index contributed by atoms with van der Waals surface area (Å²) >= 11 is 6.12. The average molecular weight is 258 g/mol. The number of nitrogens with zero attached hydrogens (tertiary/aromatic N) is 1. The predicted octanol–water partition coefficient (Wildman–Crippen LogP) is 4.97. The number of allylic oxidation sites excluding steroid dienone is 1. The van der Waals surface area contributed by atoms with Gasteiger partial charge in [-0.25, -0.2) is 0 Å². The summed E-state index contributed by atoms with van der Waals surface area (Å²) in [6.07, 6.45) is 3.74. The normalized spacial score (nSPS) is 11.7. The van der Waals surface area contributed by atoms with Crippen LogP contribution in [0.2, 0.25) is 0 Å². The highest BCUT2D eigenvalue weighted by Gasteiger charge is 2.06. The van der Waals surface area contributed by atoms with Gasteiger partial charge < -0.3 is 0 Å². The lowest BCUT2D eigenvalue weighted by atomic mass is 10.0. The molecule has 18 heavy (non-hydrogen) atoms. The van der Waals surface area contributed by atoms with E-state index in [4.69, 9.17) is 11.6 Å². The van der Waals surface area contributed by atoms with Crippen LogP contribution in [0.3, 0.4) is 0 Å². The van der Waals surface area contributed by atoms with Crippen molar-refractivity contribution < 1.29 is 0 Å². The fourth-order valence-electron chi connectivity index (χ4n) is 1.94. The number of benzene rings is 1. The summed E-state index contributed by atoms with van der Waals surface area (Å²) in [7, 11) is 0. The lowest BCUT2D eigenvalue weighted by molar-refractivity contribution is 1.23. The second-order valence-electron chi connectivity index (χ2n) is 4.40. The van der Waals surface area contributed by atoms with Gasteiger partial charge in [0.15, 0.2) is 0 Å². The Balaban J connectivity index is 2.46. The van der Waals surface area contributed by atoms with Gasteiger partial charge >= 0.3 is 0 Å². The molecule has 2 aromatic rings. The van der Waals surface area contributed by atoms with E-state index >= 15 is 0 Å². The van der Waals surface area contributed by atoms with E-state index in [0.717, 1.165) is 16.8 Å². The van der Waals surface area contributed by atoms with Crippen LogP contribution in [0, 0.1) is 13.8 Å². The van der Waals surface area contributed by atoms with Gasteiger partial charge in [0.25, 0.3) is 0 Å². The number of aryl methyl sites for hydroxylation is 2. The molecule has 1 aromatic heterocycles. The van der Waals surface area contributed by atoms with Gasteiger partial charge in [-0.2, -0.15) is 0 Å². The summed E-state index contributed by atoms with van der Waals surface area (Å²) in [6, 6.07) is 10.5. The van der Waals surface area contributed by atoms with Gasteiger partial charge in [-0.3, -0.25) is 4.98 Å². The van der Waals surface area contributed by atoms with E-state index < -0.39 is 0 Å². The quantitative estimate of drug-likeness (QED) is 0.741. The summed E-state index contributed by atoms with van der Waals surface area (Å²) in [6.45, 7) is 6.04. The third kappa shape index (κ3) is 2.62. The van der Waals surface area contributed by atoms with Gasteiger partial charge in [-0.05, 0) is 38.0 Å². The molecule has 0 unspecified atom stereocenters. The minimum Gasteiger partial charge on any atom is -0.254 e. The molecule has 0 fully saturated rings. The van der Waals surface area contributed by atoms with E-state index in [1.54, 1.807) is 0 Å². The Morgan fingerprint density at radius 3 is 2.56 bits per heavy atom. The Kier molecular flexibility index (Phi) is 3.83. The van der Waals surface area contributed by atoms with Crippen molar-refractivity contribution in [1.29, 1.82) is 0 Å². The average Bonchev–Trinajstić information content (AvgIpc) is 2.37. The summed E-state index contributed by atoms with van der Waals surface area (Å²) in [4.78, 5) is 4.45. The molecule has 0 aliphatic carbocycles. The Bertz CT molecular complexity index is 600. The van der Waals surface area contributed by atoms with E-state index in [1.807, 2.05) is 26.1 Å². The SMILES string of the molecule is C/C=C(/Cl)c1ncc(-c2cccc(C)c2)cc1C. The highest BCUT2D eigenvalue weighted by molar-refractivity contribution is 6.48. The molecule has 0 saturated heterocycles. The van der Waals surface area contributed by atoms with Crippen molar-refractivity contribution in [3.8, 4) is 11.1 Å². The summed E-state index contributed by atoms with van der Waals surface area (Å²) in [5.74, 6) is 0. The Morgan fingerprint density at radius 1 is 1.17 bits per heavy atom. The summed E-state index contributed by atoms with van der Waals surface area (Å²) in [5, 5.41) is 0.697. The van der Waals surface area contributed by atoms with Crippen LogP contribution in [-0.4, -0.2) is 4.98 Å². The largest absolute Gasteiger partial charge is 0.254 e. The van der Waals surface area contributed by atoms with E-state index in [2.05, 4.69) is 42.2 Å². The molecule has 0 aliphatic rings. The first kappa shape index (κ1) is 12.8. The maximum absolute atomic E-state index is 6.12. The third-order valence-corrected chi connectivity index (χ3v) is 3.31. The highest BCUT2D eigenvalue weighted by Crippen LogP contribution is 2.25. The molecule has 0 bridgehead atoms. The molecule has 0 amide bonds. The van der Waals surface area contributed by atoms with Crippen LogP contribution in [0.5, 0.6) is 0 Å². The van der Waals surface area contributed by atoms with Gasteiger partial charge in [-0.15, -0.1) is 0 Å². The van der Waals surface area contributed by atoms with Gasteiger partial charge in [-0.1, -0.05) is 47.5 Å². The molecule has 2 rings (SSSR count). The lowest BCUT2D eigenvalue weighted by Crippen LogP contribution is -1.91. The Morgan fingerprint density at radius 2 is 1.94 bits per heavy atom. The van der Waals surface area contributed by atoms with E-state index in [9.17, 15) is 0 Å². The van der Waals surface area contributed by atoms with Crippen LogP contribution in [0.1, 0.15) is 23.7 Å². The van der Waals surface area contributed by atoms with E-state index in [1.165, 1.54) is 11.1 Å². The van der Waals surface area contributed by atoms with Crippen molar-refractivity contribution in [2.45, 2.75) is 20.8 Å². The first-order valence-corrected chi connectivity index (χ1v) is 6.35. The maximum atomic E-state index is 6.12. The molecule has 0 spiro atoms. The summed E-state index contributed by atoms with van der Waals surface area (Å²) < 4.78 is 0. The molecular weight excluding hydrogens is 242 g/mol. The molecule has 0 saturated carbocycles. The van der Waals surface area contributed by atoms with E-state index in [0.29, 0.717) is 5.03 Å². The van der Waals surface area contributed by atoms with Crippen molar-refractivity contribution >= 4 is 16.6 Å². The molecule has 0 N–H and O–H groups in total. The minimum absolute atomic E-state index is 0.697. The Labute approximate surface area is 113 Å². The minimum atomic E-state index is 0.697.